The lowest BCUT2D eigenvalue weighted by molar-refractivity contribution is 0.488. The number of sulfonamides is 1. The minimum atomic E-state index is -3.47. The third-order valence-corrected chi connectivity index (χ3v) is 4.48. The summed E-state index contributed by atoms with van der Waals surface area (Å²) in [5.41, 5.74) is 0.544. The Labute approximate surface area is 94.9 Å². The largest absolute Gasteiger partial charge is 0.465 e. The number of rotatable bonds is 3. The number of hydrogen-bond acceptors (Lipinski definition) is 3. The van der Waals surface area contributed by atoms with Crippen molar-refractivity contribution in [1.82, 2.24) is 4.31 Å². The van der Waals surface area contributed by atoms with Crippen LogP contribution in [0.25, 0.3) is 0 Å². The Bertz CT molecular complexity index is 462. The zero-order valence-electron chi connectivity index (χ0n) is 9.17. The van der Waals surface area contributed by atoms with E-state index in [4.69, 9.17) is 16.0 Å². The number of hydrogen-bond donors (Lipinski definition) is 0. The Morgan fingerprint density at radius 2 is 1.80 bits per heavy atom. The van der Waals surface area contributed by atoms with E-state index in [1.165, 1.54) is 14.1 Å². The van der Waals surface area contributed by atoms with Crippen LogP contribution in [-0.2, 0) is 15.9 Å². The number of alkyl halides is 1. The van der Waals surface area contributed by atoms with E-state index < -0.39 is 10.0 Å². The summed E-state index contributed by atoms with van der Waals surface area (Å²) in [7, 11) is -0.512. The maximum Gasteiger partial charge on any atom is 0.246 e. The lowest BCUT2D eigenvalue weighted by atomic mass is 10.3. The molecule has 0 bridgehead atoms. The van der Waals surface area contributed by atoms with Gasteiger partial charge in [-0.2, -0.15) is 0 Å². The number of furan rings is 1. The average Bonchev–Trinajstić information content (AvgIpc) is 2.40. The van der Waals surface area contributed by atoms with Crippen molar-refractivity contribution in [1.29, 1.82) is 0 Å². The maximum absolute atomic E-state index is 12.0. The van der Waals surface area contributed by atoms with Gasteiger partial charge in [0.25, 0.3) is 0 Å². The first-order chi connectivity index (χ1) is 6.82. The molecule has 0 aliphatic carbocycles. The molecule has 86 valence electrons. The van der Waals surface area contributed by atoms with Crippen LogP contribution in [-0.4, -0.2) is 26.8 Å². The summed E-state index contributed by atoms with van der Waals surface area (Å²) in [5.74, 6) is 1.07. The number of halogens is 1. The highest BCUT2D eigenvalue weighted by molar-refractivity contribution is 7.89. The molecule has 0 radical (unpaired) electrons. The predicted molar refractivity (Wildman–Crippen MR) is 58.6 cm³/mol. The molecule has 0 atom stereocenters. The highest BCUT2D eigenvalue weighted by Crippen LogP contribution is 2.29. The van der Waals surface area contributed by atoms with Crippen molar-refractivity contribution in [2.45, 2.75) is 24.6 Å². The SMILES string of the molecule is Cc1oc(C)c(S(=O)(=O)N(C)C)c1CCl. The predicted octanol–water partition coefficient (Wildman–Crippen LogP) is 1.89. The van der Waals surface area contributed by atoms with E-state index in [0.29, 0.717) is 17.1 Å². The zero-order chi connectivity index (χ0) is 11.8. The van der Waals surface area contributed by atoms with Crippen LogP contribution in [0.3, 0.4) is 0 Å². The molecule has 0 aromatic carbocycles. The van der Waals surface area contributed by atoms with E-state index in [9.17, 15) is 8.42 Å². The monoisotopic (exact) mass is 251 g/mol. The van der Waals surface area contributed by atoms with Gasteiger partial charge < -0.3 is 4.42 Å². The second-order valence-electron chi connectivity index (χ2n) is 3.44. The number of nitrogens with zero attached hydrogens (tertiary/aromatic N) is 1. The van der Waals surface area contributed by atoms with Crippen LogP contribution in [0.15, 0.2) is 9.31 Å². The molecule has 0 saturated heterocycles. The van der Waals surface area contributed by atoms with Crippen LogP contribution in [0, 0.1) is 13.8 Å². The molecular formula is C9H14ClNO3S. The Morgan fingerprint density at radius 1 is 1.27 bits per heavy atom. The van der Waals surface area contributed by atoms with Gasteiger partial charge in [0.15, 0.2) is 0 Å². The van der Waals surface area contributed by atoms with Gasteiger partial charge in [-0.1, -0.05) is 0 Å². The van der Waals surface area contributed by atoms with Crippen molar-refractivity contribution >= 4 is 21.6 Å². The molecule has 0 saturated carbocycles. The van der Waals surface area contributed by atoms with Gasteiger partial charge in [0.2, 0.25) is 10.0 Å². The van der Waals surface area contributed by atoms with Gasteiger partial charge in [-0.3, -0.25) is 0 Å². The lowest BCUT2D eigenvalue weighted by Crippen LogP contribution is -2.23. The van der Waals surface area contributed by atoms with Crippen LogP contribution in [0.5, 0.6) is 0 Å². The molecule has 0 N–H and O–H groups in total. The van der Waals surface area contributed by atoms with Crippen LogP contribution < -0.4 is 0 Å². The van der Waals surface area contributed by atoms with E-state index in [1.54, 1.807) is 13.8 Å². The number of aryl methyl sites for hydroxylation is 2. The molecule has 0 spiro atoms. The minimum Gasteiger partial charge on any atom is -0.465 e. The molecule has 1 rings (SSSR count). The smallest absolute Gasteiger partial charge is 0.246 e. The third-order valence-electron chi connectivity index (χ3n) is 2.20. The summed E-state index contributed by atoms with van der Waals surface area (Å²) in [4.78, 5) is 0.194. The maximum atomic E-state index is 12.0. The highest BCUT2D eigenvalue weighted by atomic mass is 35.5. The Hall–Kier alpha value is -0.520. The quantitative estimate of drug-likeness (QED) is 0.771. The molecule has 0 unspecified atom stereocenters. The van der Waals surface area contributed by atoms with Gasteiger partial charge in [-0.25, -0.2) is 12.7 Å². The topological polar surface area (TPSA) is 50.5 Å². The summed E-state index contributed by atoms with van der Waals surface area (Å²) < 4.78 is 30.3. The molecule has 1 aromatic heterocycles. The first-order valence-electron chi connectivity index (χ1n) is 4.39. The molecule has 1 heterocycles. The highest BCUT2D eigenvalue weighted by Gasteiger charge is 2.27. The van der Waals surface area contributed by atoms with Gasteiger partial charge in [0.1, 0.15) is 16.4 Å². The van der Waals surface area contributed by atoms with Crippen LogP contribution >= 0.6 is 11.6 Å². The van der Waals surface area contributed by atoms with Crippen molar-refractivity contribution in [3.63, 3.8) is 0 Å². The molecule has 0 amide bonds. The summed E-state index contributed by atoms with van der Waals surface area (Å²) in [5, 5.41) is 0. The molecular weight excluding hydrogens is 238 g/mol. The van der Waals surface area contributed by atoms with Crippen molar-refractivity contribution in [3.8, 4) is 0 Å². The van der Waals surface area contributed by atoms with E-state index >= 15 is 0 Å². The molecule has 6 heteroatoms. The van der Waals surface area contributed by atoms with Crippen molar-refractivity contribution in [2.75, 3.05) is 14.1 Å². The van der Waals surface area contributed by atoms with Gasteiger partial charge in [0.05, 0.1) is 5.88 Å². The first-order valence-corrected chi connectivity index (χ1v) is 6.37. The standard InChI is InChI=1S/C9H14ClNO3S/c1-6-8(5-10)9(7(2)14-6)15(12,13)11(3)4/h5H2,1-4H3. The molecule has 0 aliphatic rings. The van der Waals surface area contributed by atoms with Crippen LogP contribution in [0.1, 0.15) is 17.1 Å². The van der Waals surface area contributed by atoms with E-state index in [0.717, 1.165) is 4.31 Å². The molecule has 1 aromatic rings. The van der Waals surface area contributed by atoms with Crippen LogP contribution in [0.4, 0.5) is 0 Å². The van der Waals surface area contributed by atoms with Crippen LogP contribution in [0.2, 0.25) is 0 Å². The minimum absolute atomic E-state index is 0.131. The summed E-state index contributed by atoms with van der Waals surface area (Å²) >= 11 is 5.72. The van der Waals surface area contributed by atoms with E-state index in [2.05, 4.69) is 0 Å². The third kappa shape index (κ3) is 2.04. The fourth-order valence-electron chi connectivity index (χ4n) is 1.38. The molecule has 15 heavy (non-hydrogen) atoms. The lowest BCUT2D eigenvalue weighted by Gasteiger charge is -2.11. The van der Waals surface area contributed by atoms with E-state index in [-0.39, 0.29) is 10.8 Å². The fourth-order valence-corrected chi connectivity index (χ4v) is 3.08. The van der Waals surface area contributed by atoms with Crippen molar-refractivity contribution in [3.05, 3.63) is 17.1 Å². The van der Waals surface area contributed by atoms with Crippen molar-refractivity contribution < 1.29 is 12.8 Å². The zero-order valence-corrected chi connectivity index (χ0v) is 10.7. The second kappa shape index (κ2) is 4.15. The normalized spacial score (nSPS) is 12.4. The van der Waals surface area contributed by atoms with Gasteiger partial charge in [0, 0.05) is 19.7 Å². The molecule has 0 fully saturated rings. The average molecular weight is 252 g/mol. The summed E-state index contributed by atoms with van der Waals surface area (Å²) in [6, 6.07) is 0. The first kappa shape index (κ1) is 12.5. The van der Waals surface area contributed by atoms with E-state index in [1.807, 2.05) is 0 Å². The summed E-state index contributed by atoms with van der Waals surface area (Å²) in [6.45, 7) is 3.33. The molecule has 0 aliphatic heterocycles. The van der Waals surface area contributed by atoms with Gasteiger partial charge in [-0.05, 0) is 13.8 Å². The Balaban J connectivity index is 3.50. The molecule has 4 nitrogen and oxygen atoms in total. The summed E-state index contributed by atoms with van der Waals surface area (Å²) in [6.07, 6.45) is 0. The van der Waals surface area contributed by atoms with Gasteiger partial charge in [-0.15, -0.1) is 11.6 Å². The van der Waals surface area contributed by atoms with Crippen molar-refractivity contribution in [2.24, 2.45) is 0 Å². The Morgan fingerprint density at radius 3 is 2.20 bits per heavy atom. The Kier molecular flexibility index (Phi) is 3.48. The van der Waals surface area contributed by atoms with Gasteiger partial charge >= 0.3 is 0 Å². The second-order valence-corrected chi connectivity index (χ2v) is 5.80. The fraction of sp³-hybridized carbons (Fsp3) is 0.556.